The van der Waals surface area contributed by atoms with E-state index in [0.29, 0.717) is 17.0 Å². The van der Waals surface area contributed by atoms with Crippen LogP contribution < -0.4 is 5.73 Å². The Morgan fingerprint density at radius 3 is 2.52 bits per heavy atom. The van der Waals surface area contributed by atoms with Crippen molar-refractivity contribution in [2.45, 2.75) is 13.5 Å². The summed E-state index contributed by atoms with van der Waals surface area (Å²) in [5, 5.41) is 10.7. The molecule has 0 fully saturated rings. The van der Waals surface area contributed by atoms with Crippen molar-refractivity contribution < 1.29 is 9.72 Å². The Kier molecular flexibility index (Phi) is 3.76. The molecule has 21 heavy (non-hydrogen) atoms. The van der Waals surface area contributed by atoms with E-state index in [1.165, 1.54) is 12.1 Å². The minimum atomic E-state index is -0.536. The number of nitro benzene ring substituents is 1. The van der Waals surface area contributed by atoms with Crippen LogP contribution >= 0.6 is 0 Å². The molecule has 0 bridgehead atoms. The number of rotatable bonds is 4. The summed E-state index contributed by atoms with van der Waals surface area (Å²) < 4.78 is 1.78. The zero-order chi connectivity index (χ0) is 15.6. The zero-order valence-corrected chi connectivity index (χ0v) is 11.4. The third kappa shape index (κ3) is 2.62. The number of nitrogens with zero attached hydrogens (tertiary/aromatic N) is 2. The number of aromatic nitrogens is 1. The Morgan fingerprint density at radius 2 is 2.05 bits per heavy atom. The van der Waals surface area contributed by atoms with Crippen molar-refractivity contribution in [1.29, 1.82) is 0 Å². The van der Waals surface area contributed by atoms with Crippen LogP contribution in [0.25, 0.3) is 11.3 Å². The zero-order valence-electron chi connectivity index (χ0n) is 11.4. The van der Waals surface area contributed by atoms with Gasteiger partial charge in [-0.15, -0.1) is 6.42 Å². The van der Waals surface area contributed by atoms with Gasteiger partial charge in [-0.05, 0) is 30.7 Å². The van der Waals surface area contributed by atoms with Gasteiger partial charge in [0.25, 0.3) is 11.6 Å². The van der Waals surface area contributed by atoms with Crippen molar-refractivity contribution in [3.05, 3.63) is 51.7 Å². The first-order valence-electron chi connectivity index (χ1n) is 6.14. The molecule has 0 aliphatic heterocycles. The smallest absolute Gasteiger partial charge is 0.269 e. The van der Waals surface area contributed by atoms with Crippen LogP contribution in [0.4, 0.5) is 5.69 Å². The monoisotopic (exact) mass is 283 g/mol. The Bertz CT molecular complexity index is 752. The lowest BCUT2D eigenvalue weighted by Crippen LogP contribution is -2.12. The van der Waals surface area contributed by atoms with Gasteiger partial charge < -0.3 is 10.3 Å². The molecule has 2 N–H and O–H groups in total. The maximum Gasteiger partial charge on any atom is 0.269 e. The molecule has 1 aromatic heterocycles. The first-order chi connectivity index (χ1) is 9.95. The van der Waals surface area contributed by atoms with Gasteiger partial charge in [0.1, 0.15) is 0 Å². The Labute approximate surface area is 121 Å². The van der Waals surface area contributed by atoms with Crippen molar-refractivity contribution in [3.63, 3.8) is 0 Å². The van der Waals surface area contributed by atoms with Gasteiger partial charge in [0.05, 0.1) is 17.0 Å². The molecule has 6 heteroatoms. The van der Waals surface area contributed by atoms with Crippen LogP contribution in [0.15, 0.2) is 30.3 Å². The fourth-order valence-electron chi connectivity index (χ4n) is 2.18. The second-order valence-corrected chi connectivity index (χ2v) is 4.49. The summed E-state index contributed by atoms with van der Waals surface area (Å²) in [4.78, 5) is 21.6. The van der Waals surface area contributed by atoms with Crippen molar-refractivity contribution in [3.8, 4) is 23.6 Å². The molecule has 2 aromatic rings. The van der Waals surface area contributed by atoms with Gasteiger partial charge >= 0.3 is 0 Å². The van der Waals surface area contributed by atoms with E-state index in [0.717, 1.165) is 5.56 Å². The SMILES string of the molecule is C#CCn1c(-c2ccc([N+](=O)[O-])cc2)cc(C(N)=O)c1C. The van der Waals surface area contributed by atoms with Crippen LogP contribution in [0, 0.1) is 29.4 Å². The third-order valence-electron chi connectivity index (χ3n) is 3.26. The summed E-state index contributed by atoms with van der Waals surface area (Å²) in [6.45, 7) is 2.04. The van der Waals surface area contributed by atoms with Crippen LogP contribution in [0.3, 0.4) is 0 Å². The van der Waals surface area contributed by atoms with E-state index >= 15 is 0 Å². The lowest BCUT2D eigenvalue weighted by atomic mass is 10.1. The topological polar surface area (TPSA) is 91.2 Å². The quantitative estimate of drug-likeness (QED) is 0.529. The summed E-state index contributed by atoms with van der Waals surface area (Å²) in [6, 6.07) is 7.69. The molecule has 1 amide bonds. The van der Waals surface area contributed by atoms with Crippen LogP contribution in [0.5, 0.6) is 0 Å². The molecule has 106 valence electrons. The Hall–Kier alpha value is -3.07. The second-order valence-electron chi connectivity index (χ2n) is 4.49. The van der Waals surface area contributed by atoms with Gasteiger partial charge in [-0.25, -0.2) is 0 Å². The van der Waals surface area contributed by atoms with Crippen molar-refractivity contribution in [2.24, 2.45) is 5.73 Å². The average molecular weight is 283 g/mol. The molecule has 0 atom stereocenters. The predicted molar refractivity (Wildman–Crippen MR) is 78.6 cm³/mol. The summed E-state index contributed by atoms with van der Waals surface area (Å²) >= 11 is 0. The number of nitrogens with two attached hydrogens (primary N) is 1. The molecule has 2 rings (SSSR count). The number of primary amides is 1. The molecule has 1 heterocycles. The summed E-state index contributed by atoms with van der Waals surface area (Å²) in [5.41, 5.74) is 7.84. The average Bonchev–Trinajstić information content (AvgIpc) is 2.77. The minimum Gasteiger partial charge on any atom is -0.366 e. The number of nitro groups is 1. The Balaban J connectivity index is 2.57. The first-order valence-corrected chi connectivity index (χ1v) is 6.14. The molecule has 1 aromatic carbocycles. The maximum absolute atomic E-state index is 11.4. The highest BCUT2D eigenvalue weighted by Gasteiger charge is 2.16. The van der Waals surface area contributed by atoms with Crippen LogP contribution in [0.1, 0.15) is 16.1 Å². The molecule has 0 radical (unpaired) electrons. The summed E-state index contributed by atoms with van der Waals surface area (Å²) in [7, 11) is 0. The molecule has 0 saturated heterocycles. The summed E-state index contributed by atoms with van der Waals surface area (Å²) in [6.07, 6.45) is 5.35. The summed E-state index contributed by atoms with van der Waals surface area (Å²) in [5.74, 6) is 1.98. The van der Waals surface area contributed by atoms with E-state index < -0.39 is 10.8 Å². The van der Waals surface area contributed by atoms with Crippen LogP contribution in [0.2, 0.25) is 0 Å². The van der Waals surface area contributed by atoms with Gasteiger partial charge in [-0.2, -0.15) is 0 Å². The standard InChI is InChI=1S/C15H13N3O3/c1-3-8-17-10(2)13(15(16)19)9-14(17)11-4-6-12(7-5-11)18(20)21/h1,4-7,9H,8H2,2H3,(H2,16,19). The van der Waals surface area contributed by atoms with Crippen LogP contribution in [-0.2, 0) is 6.54 Å². The van der Waals surface area contributed by atoms with Crippen molar-refractivity contribution in [1.82, 2.24) is 4.57 Å². The predicted octanol–water partition coefficient (Wildman–Crippen LogP) is 2.10. The van der Waals surface area contributed by atoms with Gasteiger partial charge in [0.15, 0.2) is 0 Å². The van der Waals surface area contributed by atoms with Crippen molar-refractivity contribution in [2.75, 3.05) is 0 Å². The van der Waals surface area contributed by atoms with Gasteiger partial charge in [0.2, 0.25) is 0 Å². The number of carbonyl (C=O) groups is 1. The molecule has 0 saturated carbocycles. The molecule has 0 aliphatic rings. The second kappa shape index (κ2) is 5.51. The Morgan fingerprint density at radius 1 is 1.43 bits per heavy atom. The molecule has 0 aliphatic carbocycles. The third-order valence-corrected chi connectivity index (χ3v) is 3.26. The number of terminal acetylenes is 1. The van der Waals surface area contributed by atoms with E-state index in [9.17, 15) is 14.9 Å². The van der Waals surface area contributed by atoms with Gasteiger partial charge in [-0.1, -0.05) is 5.92 Å². The number of amides is 1. The van der Waals surface area contributed by atoms with E-state index in [4.69, 9.17) is 12.2 Å². The van der Waals surface area contributed by atoms with Gasteiger partial charge in [-0.3, -0.25) is 14.9 Å². The highest BCUT2D eigenvalue weighted by atomic mass is 16.6. The van der Waals surface area contributed by atoms with Gasteiger partial charge in [0, 0.05) is 23.5 Å². The van der Waals surface area contributed by atoms with Crippen LogP contribution in [-0.4, -0.2) is 15.4 Å². The normalized spacial score (nSPS) is 10.1. The van der Waals surface area contributed by atoms with E-state index in [1.54, 1.807) is 29.7 Å². The number of carbonyl (C=O) groups excluding carboxylic acids is 1. The molecular weight excluding hydrogens is 270 g/mol. The number of hydrogen-bond donors (Lipinski definition) is 1. The number of hydrogen-bond acceptors (Lipinski definition) is 3. The first kappa shape index (κ1) is 14.3. The number of non-ortho nitro benzene ring substituents is 1. The molecular formula is C15H13N3O3. The number of benzene rings is 1. The lowest BCUT2D eigenvalue weighted by Gasteiger charge is -2.08. The van der Waals surface area contributed by atoms with E-state index in [1.807, 2.05) is 0 Å². The largest absolute Gasteiger partial charge is 0.366 e. The molecule has 6 nitrogen and oxygen atoms in total. The molecule has 0 unspecified atom stereocenters. The fraction of sp³-hybridized carbons (Fsp3) is 0.133. The highest BCUT2D eigenvalue weighted by Crippen LogP contribution is 2.27. The van der Waals surface area contributed by atoms with E-state index in [2.05, 4.69) is 5.92 Å². The molecule has 0 spiro atoms. The lowest BCUT2D eigenvalue weighted by molar-refractivity contribution is -0.384. The fourth-order valence-corrected chi connectivity index (χ4v) is 2.18. The maximum atomic E-state index is 11.4. The van der Waals surface area contributed by atoms with Crippen molar-refractivity contribution >= 4 is 11.6 Å². The highest BCUT2D eigenvalue weighted by molar-refractivity contribution is 5.95. The minimum absolute atomic E-state index is 0.000604. The van der Waals surface area contributed by atoms with E-state index in [-0.39, 0.29) is 12.2 Å².